The molecule has 22 heteroatoms. The Hall–Kier alpha value is -3.93. The third-order valence-electron chi connectivity index (χ3n) is 10.3. The third kappa shape index (κ3) is 21.0. The lowest BCUT2D eigenvalue weighted by molar-refractivity contribution is -0.133. The minimum atomic E-state index is -0.0844. The van der Waals surface area contributed by atoms with E-state index in [9.17, 15) is 19.2 Å². The van der Waals surface area contributed by atoms with E-state index in [-0.39, 0.29) is 35.8 Å². The van der Waals surface area contributed by atoms with Crippen molar-refractivity contribution in [2.75, 3.05) is 112 Å². The second-order valence-corrected chi connectivity index (χ2v) is 16.2. The normalized spacial score (nSPS) is 16.9. The molecule has 2 unspecified atom stereocenters. The van der Waals surface area contributed by atoms with Gasteiger partial charge in [-0.25, -0.2) is 14.2 Å². The summed E-state index contributed by atoms with van der Waals surface area (Å²) in [4.78, 5) is 49.6. The number of fused-ring (bicyclic) bond motifs is 1. The number of aryl methyl sites for hydroxylation is 2. The van der Waals surface area contributed by atoms with E-state index in [1.807, 2.05) is 24.2 Å². The van der Waals surface area contributed by atoms with Gasteiger partial charge in [0.05, 0.1) is 116 Å². The van der Waals surface area contributed by atoms with Crippen LogP contribution in [0.15, 0.2) is 12.4 Å². The zero-order chi connectivity index (χ0) is 44.0. The molecule has 4 rings (SSSR count). The summed E-state index contributed by atoms with van der Waals surface area (Å²) in [6.45, 7) is 7.14. The molecule has 21 nitrogen and oxygen atoms in total. The molecule has 350 valence electrons. The highest BCUT2D eigenvalue weighted by molar-refractivity contribution is 8.00. The van der Waals surface area contributed by atoms with E-state index in [0.29, 0.717) is 143 Å². The van der Waals surface area contributed by atoms with Gasteiger partial charge in [-0.05, 0) is 38.5 Å². The van der Waals surface area contributed by atoms with Gasteiger partial charge in [0, 0.05) is 69.8 Å². The molecule has 3 atom stereocenters. The number of thioether (sulfide) groups is 1. The maximum atomic E-state index is 13.3. The van der Waals surface area contributed by atoms with Gasteiger partial charge in [-0.15, -0.1) is 10.2 Å². The van der Waals surface area contributed by atoms with E-state index in [1.54, 1.807) is 28.4 Å². The van der Waals surface area contributed by atoms with E-state index in [0.717, 1.165) is 49.2 Å². The van der Waals surface area contributed by atoms with Crippen molar-refractivity contribution >= 4 is 35.5 Å². The van der Waals surface area contributed by atoms with Crippen molar-refractivity contribution in [2.24, 2.45) is 0 Å². The molecule has 0 aliphatic carbocycles. The largest absolute Gasteiger partial charge is 0.377 e. The Bertz CT molecular complexity index is 1490. The van der Waals surface area contributed by atoms with Gasteiger partial charge >= 0.3 is 6.03 Å². The average molecular weight is 896 g/mol. The number of unbranched alkanes of at least 4 members (excludes halogenated alkanes) is 1. The summed E-state index contributed by atoms with van der Waals surface area (Å²) in [7, 11) is 3.26. The molecule has 2 saturated heterocycles. The number of amides is 5. The molecular weight excluding hydrogens is 827 g/mol. The lowest BCUT2D eigenvalue weighted by Crippen LogP contribution is -2.37. The van der Waals surface area contributed by atoms with Crippen LogP contribution in [-0.4, -0.2) is 188 Å². The number of hydrogen-bond acceptors (Lipinski definition) is 15. The number of nitrogens with one attached hydrogen (secondary N) is 4. The van der Waals surface area contributed by atoms with Crippen LogP contribution in [0, 0.1) is 0 Å². The quantitative estimate of drug-likeness (QED) is 0.0530. The fourth-order valence-electron chi connectivity index (χ4n) is 6.77. The minimum absolute atomic E-state index is 0.0189. The number of urea groups is 1. The average Bonchev–Trinajstić information content (AvgIpc) is 4.08. The van der Waals surface area contributed by atoms with Crippen molar-refractivity contribution < 1.29 is 47.6 Å². The van der Waals surface area contributed by atoms with Crippen molar-refractivity contribution in [3.8, 4) is 0 Å². The second-order valence-electron chi connectivity index (χ2n) is 14.9. The number of aromatic nitrogens is 6. The lowest BCUT2D eigenvalue weighted by atomic mass is 10.0. The summed E-state index contributed by atoms with van der Waals surface area (Å²) in [6, 6.07) is 0.278. The van der Waals surface area contributed by atoms with Crippen molar-refractivity contribution in [3.63, 3.8) is 0 Å². The highest BCUT2D eigenvalue weighted by Gasteiger charge is 2.42. The smallest absolute Gasteiger partial charge is 0.315 e. The van der Waals surface area contributed by atoms with Crippen LogP contribution in [0.5, 0.6) is 0 Å². The fraction of sp³-hybridized carbons (Fsp3) is 0.800. The molecule has 0 aromatic carbocycles. The highest BCUT2D eigenvalue weighted by atomic mass is 32.2. The molecule has 4 heterocycles. The van der Waals surface area contributed by atoms with Crippen molar-refractivity contribution in [1.29, 1.82) is 0 Å². The van der Waals surface area contributed by atoms with Gasteiger partial charge in [-0.1, -0.05) is 16.8 Å². The first-order valence-electron chi connectivity index (χ1n) is 22.0. The SMILES string of the molecule is CNC(=O)CCCc1cn(CCOCCOCCOCCN(CCOCCOCCOCCn2cc(CCCC(=O)NC)nn2)C(=O)CCCC[C@H]2SCC3NC(=O)NC32)nn1. The van der Waals surface area contributed by atoms with E-state index in [1.165, 1.54) is 0 Å². The molecule has 62 heavy (non-hydrogen) atoms. The molecule has 2 aromatic rings. The molecule has 2 aromatic heterocycles. The summed E-state index contributed by atoms with van der Waals surface area (Å²) in [6.07, 6.45) is 10.6. The molecule has 2 aliphatic rings. The zero-order valence-corrected chi connectivity index (χ0v) is 37.4. The van der Waals surface area contributed by atoms with Crippen LogP contribution in [0.3, 0.4) is 0 Å². The molecular formula is C40H69N11O10S. The number of hydrogen-bond donors (Lipinski definition) is 4. The number of nitrogens with zero attached hydrogens (tertiary/aromatic N) is 7. The van der Waals surface area contributed by atoms with Crippen LogP contribution in [0.2, 0.25) is 0 Å². The maximum absolute atomic E-state index is 13.3. The fourth-order valence-corrected chi connectivity index (χ4v) is 8.31. The first-order chi connectivity index (χ1) is 30.3. The van der Waals surface area contributed by atoms with Crippen LogP contribution < -0.4 is 21.3 Å². The number of rotatable bonds is 37. The van der Waals surface area contributed by atoms with Gasteiger partial charge in [-0.3, -0.25) is 14.4 Å². The maximum Gasteiger partial charge on any atom is 0.315 e. The molecule has 5 amide bonds. The van der Waals surface area contributed by atoms with E-state index >= 15 is 0 Å². The van der Waals surface area contributed by atoms with Crippen LogP contribution in [0.1, 0.15) is 62.8 Å². The Morgan fingerprint density at radius 3 is 1.66 bits per heavy atom. The Balaban J connectivity index is 1.01. The Kier molecular flexibility index (Phi) is 25.4. The summed E-state index contributed by atoms with van der Waals surface area (Å²) in [5, 5.41) is 28.1. The number of carbonyl (C=O) groups excluding carboxylic acids is 4. The molecule has 2 fully saturated rings. The van der Waals surface area contributed by atoms with Crippen LogP contribution >= 0.6 is 11.8 Å². The van der Waals surface area contributed by atoms with Crippen LogP contribution in [0.25, 0.3) is 0 Å². The first kappa shape index (κ1) is 50.7. The monoisotopic (exact) mass is 895 g/mol. The Morgan fingerprint density at radius 2 is 1.16 bits per heavy atom. The molecule has 2 aliphatic heterocycles. The number of carbonyl (C=O) groups is 4. The zero-order valence-electron chi connectivity index (χ0n) is 36.6. The highest BCUT2D eigenvalue weighted by Crippen LogP contribution is 2.33. The van der Waals surface area contributed by atoms with Crippen molar-refractivity contribution in [2.45, 2.75) is 94.6 Å². The predicted octanol–water partition coefficient (Wildman–Crippen LogP) is 0.361. The standard InChI is InChI=1S/C40H69N11O10S/c1-41-36(52)10-5-7-32-29-50(47-45-32)15-19-58-23-27-60-25-21-56-17-13-49(38(54)12-4-3-9-35-39-34(31-62-35)43-40(55)44-39)14-18-57-22-26-61-28-24-59-20-16-51-30-33(46-48-51)8-6-11-37(53)42-2/h29-30,34-35,39H,3-28,31H2,1-2H3,(H,41,52)(H,42,53)(H2,43,44,55)/t34?,35-,39?/m1/s1. The number of ether oxygens (including phenoxy) is 6. The van der Waals surface area contributed by atoms with Gasteiger partial charge in [0.2, 0.25) is 17.7 Å². The summed E-state index contributed by atoms with van der Waals surface area (Å²) in [5.41, 5.74) is 1.71. The molecule has 4 N–H and O–H groups in total. The third-order valence-corrected chi connectivity index (χ3v) is 11.8. The van der Waals surface area contributed by atoms with Crippen LogP contribution in [-0.2, 0) is 68.7 Å². The molecule has 0 radical (unpaired) electrons. The topological polar surface area (TPSA) is 236 Å². The van der Waals surface area contributed by atoms with Crippen LogP contribution in [0.4, 0.5) is 4.79 Å². The van der Waals surface area contributed by atoms with Crippen molar-refractivity contribution in [1.82, 2.24) is 56.2 Å². The van der Waals surface area contributed by atoms with Gasteiger partial charge in [0.1, 0.15) is 0 Å². The van der Waals surface area contributed by atoms with Gasteiger partial charge < -0.3 is 54.6 Å². The summed E-state index contributed by atoms with van der Waals surface area (Å²) >= 11 is 1.89. The van der Waals surface area contributed by atoms with Gasteiger partial charge in [0.25, 0.3) is 0 Å². The minimum Gasteiger partial charge on any atom is -0.377 e. The van der Waals surface area contributed by atoms with E-state index in [4.69, 9.17) is 28.4 Å². The Labute approximate surface area is 369 Å². The predicted molar refractivity (Wildman–Crippen MR) is 230 cm³/mol. The molecule has 0 spiro atoms. The second kappa shape index (κ2) is 31.0. The summed E-state index contributed by atoms with van der Waals surface area (Å²) in [5.74, 6) is 1.03. The Morgan fingerprint density at radius 1 is 0.677 bits per heavy atom. The van der Waals surface area contributed by atoms with E-state index in [2.05, 4.69) is 41.9 Å². The summed E-state index contributed by atoms with van der Waals surface area (Å²) < 4.78 is 37.7. The van der Waals surface area contributed by atoms with Gasteiger partial charge in [-0.2, -0.15) is 11.8 Å². The van der Waals surface area contributed by atoms with Gasteiger partial charge in [0.15, 0.2) is 0 Å². The first-order valence-corrected chi connectivity index (χ1v) is 23.0. The van der Waals surface area contributed by atoms with E-state index < -0.39 is 0 Å². The van der Waals surface area contributed by atoms with Crippen molar-refractivity contribution in [3.05, 3.63) is 23.8 Å². The molecule has 0 saturated carbocycles. The lowest BCUT2D eigenvalue weighted by Gasteiger charge is -2.23. The molecule has 0 bridgehead atoms.